The quantitative estimate of drug-likeness (QED) is 0.715. The van der Waals surface area contributed by atoms with E-state index in [9.17, 15) is 0 Å². The van der Waals surface area contributed by atoms with Crippen molar-refractivity contribution in [3.8, 4) is 0 Å². The minimum Gasteiger partial charge on any atom is -0.383 e. The van der Waals surface area contributed by atoms with Crippen molar-refractivity contribution in [2.24, 2.45) is 0 Å². The molecule has 1 heterocycles. The topological polar surface area (TPSA) is 24.5 Å². The van der Waals surface area contributed by atoms with E-state index < -0.39 is 0 Å². The number of hydrogen-bond donors (Lipinski definition) is 1. The van der Waals surface area contributed by atoms with Crippen LogP contribution in [0.4, 0.5) is 5.69 Å². The highest BCUT2D eigenvalue weighted by atomic mass is 79.9. The lowest BCUT2D eigenvalue weighted by Crippen LogP contribution is -2.19. The first-order valence-corrected chi connectivity index (χ1v) is 8.59. The van der Waals surface area contributed by atoms with Gasteiger partial charge in [-0.25, -0.2) is 0 Å². The van der Waals surface area contributed by atoms with Crippen molar-refractivity contribution >= 4 is 33.0 Å². The molecule has 0 saturated heterocycles. The fourth-order valence-electron chi connectivity index (χ4n) is 2.10. The maximum atomic E-state index is 5.03. The van der Waals surface area contributed by atoms with Gasteiger partial charge < -0.3 is 15.0 Å². The molecule has 0 radical (unpaired) electrons. The highest BCUT2D eigenvalue weighted by Gasteiger charge is 2.08. The van der Waals surface area contributed by atoms with E-state index >= 15 is 0 Å². The van der Waals surface area contributed by atoms with E-state index in [1.165, 1.54) is 16.1 Å². The summed E-state index contributed by atoms with van der Waals surface area (Å²) in [7, 11) is 3.84. The predicted molar refractivity (Wildman–Crippen MR) is 94.2 cm³/mol. The molecule has 0 amide bonds. The lowest BCUT2D eigenvalue weighted by atomic mass is 10.2. The van der Waals surface area contributed by atoms with Gasteiger partial charge in [0.15, 0.2) is 0 Å². The number of nitrogens with zero attached hydrogens (tertiary/aromatic N) is 1. The van der Waals surface area contributed by atoms with Crippen LogP contribution in [0.25, 0.3) is 0 Å². The van der Waals surface area contributed by atoms with Crippen LogP contribution < -0.4 is 10.2 Å². The van der Waals surface area contributed by atoms with E-state index in [0.29, 0.717) is 0 Å². The Hall–Kier alpha value is -0.880. The Kier molecular flexibility index (Phi) is 6.70. The molecule has 0 bridgehead atoms. The van der Waals surface area contributed by atoms with Gasteiger partial charge >= 0.3 is 0 Å². The van der Waals surface area contributed by atoms with Crippen molar-refractivity contribution in [3.05, 3.63) is 50.6 Å². The average Bonchev–Trinajstić information content (AvgIpc) is 2.96. The van der Waals surface area contributed by atoms with Gasteiger partial charge in [0.25, 0.3) is 0 Å². The first kappa shape index (κ1) is 16.5. The molecule has 5 heteroatoms. The van der Waals surface area contributed by atoms with Crippen LogP contribution >= 0.6 is 27.3 Å². The molecule has 0 aliphatic carbocycles. The fourth-order valence-corrected chi connectivity index (χ4v) is 3.58. The summed E-state index contributed by atoms with van der Waals surface area (Å²) in [5, 5.41) is 5.48. The second-order valence-corrected chi connectivity index (χ2v) is 6.78. The molecule has 0 fully saturated rings. The van der Waals surface area contributed by atoms with E-state index in [4.69, 9.17) is 4.74 Å². The third-order valence-corrected chi connectivity index (χ3v) is 4.70. The van der Waals surface area contributed by atoms with Crippen molar-refractivity contribution in [3.63, 3.8) is 0 Å². The monoisotopic (exact) mass is 368 g/mol. The number of methoxy groups -OCH3 is 1. The molecule has 114 valence electrons. The van der Waals surface area contributed by atoms with E-state index in [1.54, 1.807) is 18.4 Å². The molecule has 0 unspecified atom stereocenters. The zero-order valence-corrected chi connectivity index (χ0v) is 14.8. The third kappa shape index (κ3) is 5.11. The van der Waals surface area contributed by atoms with Crippen LogP contribution in [0.15, 0.2) is 40.2 Å². The summed E-state index contributed by atoms with van der Waals surface area (Å²) < 4.78 is 6.16. The van der Waals surface area contributed by atoms with E-state index in [0.717, 1.165) is 30.7 Å². The van der Waals surface area contributed by atoms with Crippen LogP contribution in [-0.2, 0) is 17.8 Å². The maximum Gasteiger partial charge on any atom is 0.0587 e. The van der Waals surface area contributed by atoms with Crippen molar-refractivity contribution in [1.82, 2.24) is 5.32 Å². The van der Waals surface area contributed by atoms with Crippen LogP contribution in [-0.4, -0.2) is 27.3 Å². The molecule has 0 aliphatic heterocycles. The molecule has 1 N–H and O–H groups in total. The zero-order chi connectivity index (χ0) is 15.1. The number of thiophene rings is 1. The van der Waals surface area contributed by atoms with Gasteiger partial charge in [-0.2, -0.15) is 0 Å². The van der Waals surface area contributed by atoms with Crippen molar-refractivity contribution in [1.29, 1.82) is 0 Å². The number of hydrogen-bond acceptors (Lipinski definition) is 4. The first-order chi connectivity index (χ1) is 10.2. The van der Waals surface area contributed by atoms with Crippen molar-refractivity contribution < 1.29 is 4.74 Å². The zero-order valence-electron chi connectivity index (χ0n) is 12.4. The Morgan fingerprint density at radius 3 is 2.86 bits per heavy atom. The SMILES string of the molecule is COCCNCc1ccc(N(C)Cc2cccs2)c(Br)c1. The lowest BCUT2D eigenvalue weighted by molar-refractivity contribution is 0.199. The van der Waals surface area contributed by atoms with Gasteiger partial charge in [-0.1, -0.05) is 12.1 Å². The van der Waals surface area contributed by atoms with Crippen LogP contribution in [0.2, 0.25) is 0 Å². The van der Waals surface area contributed by atoms with Gasteiger partial charge in [-0.05, 0) is 45.1 Å². The third-order valence-electron chi connectivity index (χ3n) is 3.21. The Morgan fingerprint density at radius 1 is 1.33 bits per heavy atom. The van der Waals surface area contributed by atoms with Crippen LogP contribution in [0, 0.1) is 0 Å². The summed E-state index contributed by atoms with van der Waals surface area (Å²) in [6.07, 6.45) is 0. The van der Waals surface area contributed by atoms with E-state index in [2.05, 4.69) is 68.9 Å². The molecule has 1 aromatic heterocycles. The van der Waals surface area contributed by atoms with Crippen LogP contribution in [0.5, 0.6) is 0 Å². The summed E-state index contributed by atoms with van der Waals surface area (Å²) in [6, 6.07) is 10.8. The molecule has 2 rings (SSSR count). The number of nitrogens with one attached hydrogen (secondary N) is 1. The number of anilines is 1. The summed E-state index contributed by atoms with van der Waals surface area (Å²) in [6.45, 7) is 3.40. The maximum absolute atomic E-state index is 5.03. The summed E-state index contributed by atoms with van der Waals surface area (Å²) in [4.78, 5) is 3.63. The molecule has 0 spiro atoms. The molecular formula is C16H21BrN2OS. The minimum absolute atomic E-state index is 0.739. The normalized spacial score (nSPS) is 10.8. The lowest BCUT2D eigenvalue weighted by Gasteiger charge is -2.20. The van der Waals surface area contributed by atoms with Crippen LogP contribution in [0.3, 0.4) is 0 Å². The van der Waals surface area contributed by atoms with E-state index in [-0.39, 0.29) is 0 Å². The molecule has 0 saturated carbocycles. The molecule has 21 heavy (non-hydrogen) atoms. The summed E-state index contributed by atoms with van der Waals surface area (Å²) in [5.74, 6) is 0. The van der Waals surface area contributed by atoms with Gasteiger partial charge in [0, 0.05) is 36.6 Å². The highest BCUT2D eigenvalue weighted by Crippen LogP contribution is 2.28. The van der Waals surface area contributed by atoms with Gasteiger partial charge in [0.1, 0.15) is 0 Å². The molecule has 0 atom stereocenters. The molecule has 3 nitrogen and oxygen atoms in total. The molecule has 2 aromatic rings. The standard InChI is InChI=1S/C16H21BrN2OS/c1-19(12-14-4-3-9-21-14)16-6-5-13(10-15(16)17)11-18-7-8-20-2/h3-6,9-10,18H,7-8,11-12H2,1-2H3. The van der Waals surface area contributed by atoms with Gasteiger partial charge in [-0.3, -0.25) is 0 Å². The number of benzene rings is 1. The van der Waals surface area contributed by atoms with E-state index in [1.807, 2.05) is 0 Å². The van der Waals surface area contributed by atoms with Crippen molar-refractivity contribution in [2.45, 2.75) is 13.1 Å². The second-order valence-electron chi connectivity index (χ2n) is 4.89. The Labute approximate surface area is 139 Å². The summed E-state index contributed by atoms with van der Waals surface area (Å²) >= 11 is 5.48. The van der Waals surface area contributed by atoms with Crippen LogP contribution in [0.1, 0.15) is 10.4 Å². The Bertz CT molecular complexity index is 545. The Balaban J connectivity index is 1.94. The van der Waals surface area contributed by atoms with Gasteiger partial charge in [0.2, 0.25) is 0 Å². The fraction of sp³-hybridized carbons (Fsp3) is 0.375. The Morgan fingerprint density at radius 2 is 2.19 bits per heavy atom. The number of ether oxygens (including phenoxy) is 1. The number of rotatable bonds is 8. The molecule has 0 aliphatic rings. The number of halogens is 1. The second kappa shape index (κ2) is 8.54. The molecule has 1 aromatic carbocycles. The van der Waals surface area contributed by atoms with Gasteiger partial charge in [0.05, 0.1) is 18.8 Å². The largest absolute Gasteiger partial charge is 0.383 e. The van der Waals surface area contributed by atoms with Gasteiger partial charge in [-0.15, -0.1) is 11.3 Å². The highest BCUT2D eigenvalue weighted by molar-refractivity contribution is 9.10. The first-order valence-electron chi connectivity index (χ1n) is 6.92. The smallest absolute Gasteiger partial charge is 0.0587 e. The van der Waals surface area contributed by atoms with Crippen molar-refractivity contribution in [2.75, 3.05) is 32.2 Å². The predicted octanol–water partition coefficient (Wildman–Crippen LogP) is 3.88. The molecular weight excluding hydrogens is 348 g/mol. The minimum atomic E-state index is 0.739. The average molecular weight is 369 g/mol. The summed E-state index contributed by atoms with van der Waals surface area (Å²) in [5.41, 5.74) is 2.48.